The maximum atomic E-state index is 13.2. The number of benzene rings is 1. The molecule has 2 aromatic rings. The summed E-state index contributed by atoms with van der Waals surface area (Å²) >= 11 is 0. The zero-order chi connectivity index (χ0) is 18.6. The number of guanidine groups is 1. The fourth-order valence-corrected chi connectivity index (χ4v) is 3.57. The minimum Gasteiger partial charge on any atom is -0.439 e. The molecule has 0 radical (unpaired) electrons. The van der Waals surface area contributed by atoms with Gasteiger partial charge in [-0.15, -0.1) is 24.0 Å². The van der Waals surface area contributed by atoms with Gasteiger partial charge in [0.15, 0.2) is 5.96 Å². The largest absolute Gasteiger partial charge is 0.439 e. The summed E-state index contributed by atoms with van der Waals surface area (Å²) in [6.45, 7) is 0.592. The molecule has 6 nitrogen and oxygen atoms in total. The molecule has 0 saturated carbocycles. The first kappa shape index (κ1) is 20.8. The summed E-state index contributed by atoms with van der Waals surface area (Å²) in [7, 11) is 1.76. The average Bonchev–Trinajstić information content (AvgIpc) is 3.29. The number of nitrogens with zero attached hydrogens (tertiary/aromatic N) is 2. The van der Waals surface area contributed by atoms with Gasteiger partial charge in [0, 0.05) is 31.9 Å². The molecule has 3 unspecified atom stereocenters. The lowest BCUT2D eigenvalue weighted by Gasteiger charge is -2.22. The Bertz CT molecular complexity index is 818. The fourth-order valence-electron chi connectivity index (χ4n) is 3.57. The SMILES string of the molecule is CN=C(NCc1ccc(Oc2cccc(F)c2)nc1)NC1CC2CCC1O2.I. The quantitative estimate of drug-likeness (QED) is 0.375. The number of nitrogens with one attached hydrogen (secondary N) is 2. The van der Waals surface area contributed by atoms with E-state index in [1.165, 1.54) is 18.6 Å². The van der Waals surface area contributed by atoms with Crippen molar-refractivity contribution in [2.45, 2.75) is 44.1 Å². The lowest BCUT2D eigenvalue weighted by Crippen LogP contribution is -2.47. The first-order chi connectivity index (χ1) is 13.2. The van der Waals surface area contributed by atoms with Gasteiger partial charge in [0.25, 0.3) is 0 Å². The van der Waals surface area contributed by atoms with E-state index in [-0.39, 0.29) is 29.8 Å². The smallest absolute Gasteiger partial charge is 0.219 e. The minimum absolute atomic E-state index is 0. The van der Waals surface area contributed by atoms with Crippen molar-refractivity contribution >= 4 is 29.9 Å². The molecular weight excluding hydrogens is 474 g/mol. The first-order valence-electron chi connectivity index (χ1n) is 9.20. The van der Waals surface area contributed by atoms with Crippen LogP contribution >= 0.6 is 24.0 Å². The van der Waals surface area contributed by atoms with Crippen molar-refractivity contribution in [3.63, 3.8) is 0 Å². The molecule has 4 rings (SSSR count). The van der Waals surface area contributed by atoms with Crippen molar-refractivity contribution in [2.24, 2.45) is 4.99 Å². The van der Waals surface area contributed by atoms with E-state index in [4.69, 9.17) is 9.47 Å². The Morgan fingerprint density at radius 3 is 2.86 bits per heavy atom. The topological polar surface area (TPSA) is 67.8 Å². The van der Waals surface area contributed by atoms with E-state index in [2.05, 4.69) is 20.6 Å². The van der Waals surface area contributed by atoms with E-state index >= 15 is 0 Å². The third kappa shape index (κ3) is 5.11. The fraction of sp³-hybridized carbons (Fsp3) is 0.400. The number of hydrogen-bond donors (Lipinski definition) is 2. The normalized spacial score (nSPS) is 23.2. The highest BCUT2D eigenvalue weighted by molar-refractivity contribution is 14.0. The van der Waals surface area contributed by atoms with Gasteiger partial charge in [-0.2, -0.15) is 0 Å². The van der Waals surface area contributed by atoms with Crippen molar-refractivity contribution in [3.05, 3.63) is 54.0 Å². The molecule has 0 spiro atoms. The van der Waals surface area contributed by atoms with Gasteiger partial charge in [-0.1, -0.05) is 12.1 Å². The Morgan fingerprint density at radius 1 is 1.32 bits per heavy atom. The third-order valence-electron chi connectivity index (χ3n) is 4.93. The van der Waals surface area contributed by atoms with Crippen LogP contribution in [0.1, 0.15) is 24.8 Å². The Kier molecular flexibility index (Phi) is 7.06. The van der Waals surface area contributed by atoms with Crippen molar-refractivity contribution in [2.75, 3.05) is 7.05 Å². The lowest BCUT2D eigenvalue weighted by molar-refractivity contribution is 0.0992. The van der Waals surface area contributed by atoms with Crippen molar-refractivity contribution in [3.8, 4) is 11.6 Å². The van der Waals surface area contributed by atoms with Crippen molar-refractivity contribution in [1.29, 1.82) is 0 Å². The zero-order valence-electron chi connectivity index (χ0n) is 15.6. The Morgan fingerprint density at radius 2 is 2.21 bits per heavy atom. The molecule has 0 amide bonds. The number of aliphatic imine (C=N–C) groups is 1. The van der Waals surface area contributed by atoms with Crippen LogP contribution in [0.4, 0.5) is 4.39 Å². The predicted molar refractivity (Wildman–Crippen MR) is 116 cm³/mol. The highest BCUT2D eigenvalue weighted by atomic mass is 127. The van der Waals surface area contributed by atoms with E-state index in [1.807, 2.05) is 6.07 Å². The maximum Gasteiger partial charge on any atom is 0.219 e. The average molecular weight is 498 g/mol. The van der Waals surface area contributed by atoms with E-state index in [0.29, 0.717) is 36.4 Å². The molecule has 1 aromatic carbocycles. The van der Waals surface area contributed by atoms with Gasteiger partial charge in [0.05, 0.1) is 18.2 Å². The summed E-state index contributed by atoms with van der Waals surface area (Å²) < 4.78 is 24.6. The predicted octanol–water partition coefficient (Wildman–Crippen LogP) is 3.62. The summed E-state index contributed by atoms with van der Waals surface area (Å²) in [6.07, 6.45) is 5.77. The summed E-state index contributed by atoms with van der Waals surface area (Å²) in [5.41, 5.74) is 0.994. The van der Waals surface area contributed by atoms with Gasteiger partial charge in [0.1, 0.15) is 11.6 Å². The number of halogens is 2. The standard InChI is InChI=1S/C20H23FN4O2.HI/c1-22-20(25-17-10-16-6-7-18(17)26-16)24-12-13-5-8-19(23-11-13)27-15-4-2-3-14(21)9-15;/h2-5,8-9,11,16-18H,6-7,10,12H2,1H3,(H2,22,24,25);1H. The molecule has 3 heterocycles. The molecule has 1 aromatic heterocycles. The van der Waals surface area contributed by atoms with Crippen LogP contribution in [0.3, 0.4) is 0 Å². The molecule has 2 aliphatic rings. The maximum absolute atomic E-state index is 13.2. The van der Waals surface area contributed by atoms with E-state index in [0.717, 1.165) is 24.4 Å². The van der Waals surface area contributed by atoms with Crippen LogP contribution in [0.5, 0.6) is 11.6 Å². The molecule has 2 fully saturated rings. The van der Waals surface area contributed by atoms with Crippen LogP contribution in [0.2, 0.25) is 0 Å². The van der Waals surface area contributed by atoms with Crippen LogP contribution < -0.4 is 15.4 Å². The summed E-state index contributed by atoms with van der Waals surface area (Å²) in [4.78, 5) is 8.57. The van der Waals surface area contributed by atoms with Crippen LogP contribution in [0.25, 0.3) is 0 Å². The molecular formula is C20H24FIN4O2. The van der Waals surface area contributed by atoms with Crippen molar-refractivity contribution < 1.29 is 13.9 Å². The molecule has 28 heavy (non-hydrogen) atoms. The third-order valence-corrected chi connectivity index (χ3v) is 4.93. The Balaban J connectivity index is 0.00000225. The second-order valence-electron chi connectivity index (χ2n) is 6.85. The van der Waals surface area contributed by atoms with Crippen LogP contribution in [-0.2, 0) is 11.3 Å². The second kappa shape index (κ2) is 9.51. The monoisotopic (exact) mass is 498 g/mol. The number of pyridine rings is 1. The van der Waals surface area contributed by atoms with Crippen LogP contribution in [0.15, 0.2) is 47.6 Å². The van der Waals surface area contributed by atoms with Gasteiger partial charge in [-0.05, 0) is 37.0 Å². The van der Waals surface area contributed by atoms with Gasteiger partial charge in [0.2, 0.25) is 5.88 Å². The minimum atomic E-state index is -0.340. The molecule has 2 bridgehead atoms. The number of rotatable bonds is 5. The van der Waals surface area contributed by atoms with E-state index < -0.39 is 0 Å². The molecule has 150 valence electrons. The van der Waals surface area contributed by atoms with Gasteiger partial charge < -0.3 is 20.1 Å². The van der Waals surface area contributed by atoms with Crippen LogP contribution in [-0.4, -0.2) is 36.2 Å². The van der Waals surface area contributed by atoms with E-state index in [9.17, 15) is 4.39 Å². The second-order valence-corrected chi connectivity index (χ2v) is 6.85. The first-order valence-corrected chi connectivity index (χ1v) is 9.20. The Hall–Kier alpha value is -1.94. The molecule has 3 atom stereocenters. The molecule has 2 saturated heterocycles. The number of hydrogen-bond acceptors (Lipinski definition) is 4. The van der Waals surface area contributed by atoms with Crippen molar-refractivity contribution in [1.82, 2.24) is 15.6 Å². The van der Waals surface area contributed by atoms with Crippen LogP contribution in [0, 0.1) is 5.82 Å². The molecule has 2 N–H and O–H groups in total. The zero-order valence-corrected chi connectivity index (χ0v) is 17.9. The number of ether oxygens (including phenoxy) is 2. The highest BCUT2D eigenvalue weighted by Gasteiger charge is 2.41. The summed E-state index contributed by atoms with van der Waals surface area (Å²) in [5, 5.41) is 6.75. The lowest BCUT2D eigenvalue weighted by atomic mass is 9.96. The molecule has 0 aliphatic carbocycles. The molecule has 2 aliphatic heterocycles. The Labute approximate surface area is 181 Å². The summed E-state index contributed by atoms with van der Waals surface area (Å²) in [5.74, 6) is 1.27. The van der Waals surface area contributed by atoms with Gasteiger partial charge >= 0.3 is 0 Å². The van der Waals surface area contributed by atoms with Gasteiger partial charge in [-0.25, -0.2) is 9.37 Å². The van der Waals surface area contributed by atoms with Gasteiger partial charge in [-0.3, -0.25) is 4.99 Å². The number of aromatic nitrogens is 1. The summed E-state index contributed by atoms with van der Waals surface area (Å²) in [6, 6.07) is 10.0. The molecule has 8 heteroatoms. The highest BCUT2D eigenvalue weighted by Crippen LogP contribution is 2.34. The number of fused-ring (bicyclic) bond motifs is 2. The van der Waals surface area contributed by atoms with E-state index in [1.54, 1.807) is 31.4 Å².